The highest BCUT2D eigenvalue weighted by molar-refractivity contribution is 4.96. The van der Waals surface area contributed by atoms with Crippen LogP contribution in [0.4, 0.5) is 4.39 Å². The molecule has 0 N–H and O–H groups in total. The molecule has 0 saturated carbocycles. The van der Waals surface area contributed by atoms with Crippen molar-refractivity contribution in [2.24, 2.45) is 0 Å². The lowest BCUT2D eigenvalue weighted by Crippen LogP contribution is -2.32. The van der Waals surface area contributed by atoms with E-state index in [0.717, 1.165) is 0 Å². The molecule has 1 aliphatic heterocycles. The minimum atomic E-state index is -1.08. The van der Waals surface area contributed by atoms with Crippen LogP contribution in [0, 0.1) is 11.3 Å². The Morgan fingerprint density at radius 1 is 1.73 bits per heavy atom. The highest BCUT2D eigenvalue weighted by atomic mass is 19.1. The summed E-state index contributed by atoms with van der Waals surface area (Å²) in [6, 6.07) is 1.96. The fourth-order valence-electron chi connectivity index (χ4n) is 1.37. The van der Waals surface area contributed by atoms with Gasteiger partial charge in [-0.25, -0.2) is 4.39 Å². The highest BCUT2D eigenvalue weighted by Crippen LogP contribution is 2.25. The normalized spacial score (nSPS) is 35.1. The maximum absolute atomic E-state index is 13.2. The third-order valence-electron chi connectivity index (χ3n) is 2.19. The monoisotopic (exact) mass is 156 g/mol. The summed E-state index contributed by atoms with van der Waals surface area (Å²) in [5.41, 5.74) is -1.08. The van der Waals surface area contributed by atoms with Crippen molar-refractivity contribution in [3.05, 3.63) is 0 Å². The second-order valence-electron chi connectivity index (χ2n) is 3.44. The Balaban J connectivity index is 2.50. The van der Waals surface area contributed by atoms with Crippen LogP contribution in [-0.2, 0) is 0 Å². The zero-order valence-electron chi connectivity index (χ0n) is 6.97. The molecular formula is C8H13FN2. The fourth-order valence-corrected chi connectivity index (χ4v) is 1.37. The molecule has 0 aromatic rings. The summed E-state index contributed by atoms with van der Waals surface area (Å²) in [4.78, 5) is 1.88. The molecule has 1 heterocycles. The molecule has 0 aromatic heterocycles. The predicted octanol–water partition coefficient (Wildman–Crippen LogP) is 1.33. The number of nitrogens with zero attached hydrogens (tertiary/aromatic N) is 2. The predicted molar refractivity (Wildman–Crippen MR) is 40.8 cm³/mol. The van der Waals surface area contributed by atoms with Crippen molar-refractivity contribution >= 4 is 0 Å². The van der Waals surface area contributed by atoms with Gasteiger partial charge in [-0.1, -0.05) is 0 Å². The van der Waals surface area contributed by atoms with E-state index in [1.165, 1.54) is 0 Å². The second-order valence-corrected chi connectivity index (χ2v) is 3.44. The van der Waals surface area contributed by atoms with Gasteiger partial charge < -0.3 is 0 Å². The fraction of sp³-hybridized carbons (Fsp3) is 0.875. The van der Waals surface area contributed by atoms with Crippen LogP contribution in [0.1, 0.15) is 20.3 Å². The summed E-state index contributed by atoms with van der Waals surface area (Å²) < 4.78 is 13.2. The molecule has 0 amide bonds. The zero-order chi connectivity index (χ0) is 8.48. The van der Waals surface area contributed by atoms with Gasteiger partial charge in [0.05, 0.1) is 12.1 Å². The molecule has 0 aromatic carbocycles. The topological polar surface area (TPSA) is 27.0 Å². The number of alkyl halides is 1. The first-order valence-electron chi connectivity index (χ1n) is 3.88. The Morgan fingerprint density at radius 3 is 2.73 bits per heavy atom. The molecule has 62 valence electrons. The lowest BCUT2D eigenvalue weighted by Gasteiger charge is -2.18. The van der Waals surface area contributed by atoms with Crippen molar-refractivity contribution in [1.29, 1.82) is 5.26 Å². The van der Waals surface area contributed by atoms with E-state index in [1.54, 1.807) is 13.8 Å². The van der Waals surface area contributed by atoms with Crippen molar-refractivity contribution in [1.82, 2.24) is 4.90 Å². The van der Waals surface area contributed by atoms with Crippen LogP contribution in [-0.4, -0.2) is 29.7 Å². The molecule has 1 fully saturated rings. The van der Waals surface area contributed by atoms with E-state index in [2.05, 4.69) is 6.07 Å². The van der Waals surface area contributed by atoms with Crippen molar-refractivity contribution < 1.29 is 4.39 Å². The maximum Gasteiger partial charge on any atom is 0.122 e. The standard InChI is InChI=1S/C8H13FN2/c1-7(5-10)11-4-3-8(2,9)6-11/h7H,3-4,6H2,1-2H3. The summed E-state index contributed by atoms with van der Waals surface area (Å²) in [5, 5.41) is 8.55. The van der Waals surface area contributed by atoms with E-state index in [-0.39, 0.29) is 6.04 Å². The Morgan fingerprint density at radius 2 is 2.36 bits per heavy atom. The molecule has 2 nitrogen and oxygen atoms in total. The van der Waals surface area contributed by atoms with E-state index in [0.29, 0.717) is 19.5 Å². The minimum absolute atomic E-state index is 0.146. The number of hydrogen-bond donors (Lipinski definition) is 0. The van der Waals surface area contributed by atoms with Crippen LogP contribution in [0.3, 0.4) is 0 Å². The highest BCUT2D eigenvalue weighted by Gasteiger charge is 2.35. The molecule has 11 heavy (non-hydrogen) atoms. The SMILES string of the molecule is CC(C#N)N1CCC(C)(F)C1. The molecule has 1 aliphatic rings. The lowest BCUT2D eigenvalue weighted by molar-refractivity contribution is 0.181. The number of likely N-dealkylation sites (tertiary alicyclic amines) is 1. The molecule has 1 saturated heterocycles. The first-order valence-corrected chi connectivity index (χ1v) is 3.88. The molecule has 0 bridgehead atoms. The summed E-state index contributed by atoms with van der Waals surface area (Å²) in [7, 11) is 0. The second kappa shape index (κ2) is 2.78. The van der Waals surface area contributed by atoms with Gasteiger partial charge in [-0.3, -0.25) is 4.90 Å². The summed E-state index contributed by atoms with van der Waals surface area (Å²) in [6.07, 6.45) is 0.555. The number of rotatable bonds is 1. The van der Waals surface area contributed by atoms with E-state index in [9.17, 15) is 4.39 Å². The third kappa shape index (κ3) is 1.90. The van der Waals surface area contributed by atoms with Gasteiger partial charge >= 0.3 is 0 Å². The van der Waals surface area contributed by atoms with Crippen LogP contribution < -0.4 is 0 Å². The van der Waals surface area contributed by atoms with E-state index >= 15 is 0 Å². The van der Waals surface area contributed by atoms with Gasteiger partial charge in [-0.05, 0) is 20.3 Å². The number of halogens is 1. The first kappa shape index (κ1) is 8.48. The van der Waals surface area contributed by atoms with Gasteiger partial charge in [-0.15, -0.1) is 0 Å². The van der Waals surface area contributed by atoms with E-state index < -0.39 is 5.67 Å². The quantitative estimate of drug-likeness (QED) is 0.572. The van der Waals surface area contributed by atoms with E-state index in [4.69, 9.17) is 5.26 Å². The molecule has 2 atom stereocenters. The Bertz CT molecular complexity index is 183. The smallest absolute Gasteiger partial charge is 0.122 e. The van der Waals surface area contributed by atoms with E-state index in [1.807, 2.05) is 4.90 Å². The Hall–Kier alpha value is -0.620. The molecule has 3 heteroatoms. The summed E-state index contributed by atoms with van der Waals surface area (Å²) in [5.74, 6) is 0. The minimum Gasteiger partial charge on any atom is -0.285 e. The van der Waals surface area contributed by atoms with Gasteiger partial charge in [0.2, 0.25) is 0 Å². The summed E-state index contributed by atoms with van der Waals surface area (Å²) >= 11 is 0. The maximum atomic E-state index is 13.2. The average molecular weight is 156 g/mol. The van der Waals surface area contributed by atoms with Crippen LogP contribution in [0.15, 0.2) is 0 Å². The van der Waals surface area contributed by atoms with Gasteiger partial charge in [-0.2, -0.15) is 5.26 Å². The van der Waals surface area contributed by atoms with Crippen molar-refractivity contribution in [2.75, 3.05) is 13.1 Å². The van der Waals surface area contributed by atoms with Crippen molar-refractivity contribution in [3.8, 4) is 6.07 Å². The number of nitriles is 1. The Kier molecular flexibility index (Phi) is 2.15. The van der Waals surface area contributed by atoms with Crippen molar-refractivity contribution in [2.45, 2.75) is 32.0 Å². The molecule has 0 radical (unpaired) electrons. The van der Waals surface area contributed by atoms with Crippen LogP contribution in [0.2, 0.25) is 0 Å². The van der Waals surface area contributed by atoms with Gasteiger partial charge in [0.25, 0.3) is 0 Å². The van der Waals surface area contributed by atoms with Crippen molar-refractivity contribution in [3.63, 3.8) is 0 Å². The van der Waals surface area contributed by atoms with Crippen LogP contribution in [0.25, 0.3) is 0 Å². The van der Waals surface area contributed by atoms with Crippen LogP contribution in [0.5, 0.6) is 0 Å². The zero-order valence-corrected chi connectivity index (χ0v) is 6.97. The first-order chi connectivity index (χ1) is 5.05. The van der Waals surface area contributed by atoms with Crippen LogP contribution >= 0.6 is 0 Å². The molecule has 0 spiro atoms. The van der Waals surface area contributed by atoms with Gasteiger partial charge in [0.1, 0.15) is 5.67 Å². The van der Waals surface area contributed by atoms with Gasteiger partial charge in [0, 0.05) is 13.1 Å². The number of hydrogen-bond acceptors (Lipinski definition) is 2. The Labute approximate surface area is 66.6 Å². The van der Waals surface area contributed by atoms with Gasteiger partial charge in [0.15, 0.2) is 0 Å². The third-order valence-corrected chi connectivity index (χ3v) is 2.19. The summed E-state index contributed by atoms with van der Waals surface area (Å²) in [6.45, 7) is 4.52. The lowest BCUT2D eigenvalue weighted by atomic mass is 10.1. The largest absolute Gasteiger partial charge is 0.285 e. The molecule has 2 unspecified atom stereocenters. The molecule has 0 aliphatic carbocycles. The average Bonchev–Trinajstić information content (AvgIpc) is 2.29. The molecular weight excluding hydrogens is 143 g/mol. The molecule has 1 rings (SSSR count).